The van der Waals surface area contributed by atoms with Gasteiger partial charge in [-0.15, -0.1) is 0 Å². The van der Waals surface area contributed by atoms with E-state index in [0.29, 0.717) is 0 Å². The summed E-state index contributed by atoms with van der Waals surface area (Å²) in [5.74, 6) is 1.08. The molecule has 0 aliphatic heterocycles. The third-order valence-corrected chi connectivity index (χ3v) is 2.54. The van der Waals surface area contributed by atoms with Crippen LogP contribution >= 0.6 is 0 Å². The van der Waals surface area contributed by atoms with E-state index in [0.717, 1.165) is 28.8 Å². The molecule has 0 aliphatic rings. The molecule has 0 bridgehead atoms. The fraction of sp³-hybridized carbons (Fsp3) is 0.364. The molecule has 1 N–H and O–H groups in total. The summed E-state index contributed by atoms with van der Waals surface area (Å²) in [7, 11) is 2.01. The number of aliphatic hydroxyl groups excluding tert-OH is 1. The topological polar surface area (TPSA) is 38.1 Å². The van der Waals surface area contributed by atoms with Crippen molar-refractivity contribution >= 4 is 11.0 Å². The van der Waals surface area contributed by atoms with E-state index >= 15 is 0 Å². The first kappa shape index (κ1) is 9.21. The summed E-state index contributed by atoms with van der Waals surface area (Å²) < 4.78 is 2.08. The lowest BCUT2D eigenvalue weighted by Crippen LogP contribution is -1.95. The van der Waals surface area contributed by atoms with Crippen LogP contribution in [0, 0.1) is 0 Å². The van der Waals surface area contributed by atoms with Crippen LogP contribution in [0.5, 0.6) is 0 Å². The van der Waals surface area contributed by atoms with Gasteiger partial charge >= 0.3 is 0 Å². The van der Waals surface area contributed by atoms with Crippen LogP contribution in [0.1, 0.15) is 18.3 Å². The second kappa shape index (κ2) is 3.42. The Balaban J connectivity index is 2.68. The Morgan fingerprint density at radius 2 is 2.21 bits per heavy atom. The summed E-state index contributed by atoms with van der Waals surface area (Å²) in [6.07, 6.45) is 0.930. The molecule has 1 aromatic carbocycles. The largest absolute Gasteiger partial charge is 0.392 e. The number of hydrogen-bond donors (Lipinski definition) is 1. The maximum Gasteiger partial charge on any atom is 0.109 e. The molecule has 14 heavy (non-hydrogen) atoms. The average molecular weight is 190 g/mol. The summed E-state index contributed by atoms with van der Waals surface area (Å²) in [6, 6.07) is 5.86. The maximum atomic E-state index is 9.02. The van der Waals surface area contributed by atoms with Gasteiger partial charge in [-0.2, -0.15) is 0 Å². The normalized spacial score (nSPS) is 11.1. The van der Waals surface area contributed by atoms with Crippen molar-refractivity contribution in [3.05, 3.63) is 29.6 Å². The van der Waals surface area contributed by atoms with E-state index in [2.05, 4.69) is 16.5 Å². The van der Waals surface area contributed by atoms with Crippen LogP contribution in [0.2, 0.25) is 0 Å². The first-order valence-electron chi connectivity index (χ1n) is 4.81. The van der Waals surface area contributed by atoms with Crippen molar-refractivity contribution in [3.63, 3.8) is 0 Å². The molecule has 0 unspecified atom stereocenters. The molecule has 0 amide bonds. The van der Waals surface area contributed by atoms with Gasteiger partial charge in [0.15, 0.2) is 0 Å². The van der Waals surface area contributed by atoms with E-state index in [9.17, 15) is 0 Å². The monoisotopic (exact) mass is 190 g/mol. The zero-order valence-corrected chi connectivity index (χ0v) is 8.49. The van der Waals surface area contributed by atoms with Crippen LogP contribution < -0.4 is 0 Å². The minimum absolute atomic E-state index is 0.0859. The number of aliphatic hydroxyl groups is 1. The van der Waals surface area contributed by atoms with E-state index in [1.165, 1.54) is 0 Å². The molecular weight excluding hydrogens is 176 g/mol. The number of benzene rings is 1. The number of fused-ring (bicyclic) bond motifs is 1. The fourth-order valence-corrected chi connectivity index (χ4v) is 1.70. The Morgan fingerprint density at radius 1 is 1.43 bits per heavy atom. The summed E-state index contributed by atoms with van der Waals surface area (Å²) in [6.45, 7) is 2.18. The van der Waals surface area contributed by atoms with Crippen LogP contribution in [-0.2, 0) is 20.1 Å². The predicted molar refractivity (Wildman–Crippen MR) is 56.0 cm³/mol. The van der Waals surface area contributed by atoms with Gasteiger partial charge in [-0.05, 0) is 17.7 Å². The van der Waals surface area contributed by atoms with Gasteiger partial charge in [0, 0.05) is 13.5 Å². The number of aryl methyl sites for hydroxylation is 2. The molecule has 2 rings (SSSR count). The van der Waals surface area contributed by atoms with Gasteiger partial charge in [0.25, 0.3) is 0 Å². The Bertz CT molecular complexity index is 460. The van der Waals surface area contributed by atoms with Crippen molar-refractivity contribution in [1.82, 2.24) is 9.55 Å². The third kappa shape index (κ3) is 1.30. The number of rotatable bonds is 2. The second-order valence-corrected chi connectivity index (χ2v) is 3.42. The Morgan fingerprint density at radius 3 is 2.86 bits per heavy atom. The second-order valence-electron chi connectivity index (χ2n) is 3.42. The molecule has 0 fully saturated rings. The molecule has 1 heterocycles. The van der Waals surface area contributed by atoms with Crippen LogP contribution in [0.4, 0.5) is 0 Å². The van der Waals surface area contributed by atoms with Gasteiger partial charge in [-0.25, -0.2) is 4.98 Å². The van der Waals surface area contributed by atoms with Crippen molar-refractivity contribution in [3.8, 4) is 0 Å². The quantitative estimate of drug-likeness (QED) is 0.781. The van der Waals surface area contributed by atoms with Crippen LogP contribution in [0.15, 0.2) is 18.2 Å². The lowest BCUT2D eigenvalue weighted by molar-refractivity contribution is 0.282. The highest BCUT2D eigenvalue weighted by Crippen LogP contribution is 2.17. The van der Waals surface area contributed by atoms with E-state index in [1.807, 2.05) is 25.2 Å². The molecular formula is C11H14N2O. The van der Waals surface area contributed by atoms with Crippen molar-refractivity contribution in [2.75, 3.05) is 0 Å². The highest BCUT2D eigenvalue weighted by atomic mass is 16.3. The van der Waals surface area contributed by atoms with Crippen LogP contribution in [-0.4, -0.2) is 14.7 Å². The van der Waals surface area contributed by atoms with Crippen molar-refractivity contribution < 1.29 is 5.11 Å². The molecule has 0 radical (unpaired) electrons. The SMILES string of the molecule is CCc1nc2ccc(CO)cc2n1C. The lowest BCUT2D eigenvalue weighted by atomic mass is 10.2. The Labute approximate surface area is 83.0 Å². The molecule has 0 atom stereocenters. The first-order chi connectivity index (χ1) is 6.76. The van der Waals surface area contributed by atoms with Crippen molar-refractivity contribution in [2.45, 2.75) is 20.0 Å². The van der Waals surface area contributed by atoms with E-state index < -0.39 is 0 Å². The molecule has 0 saturated heterocycles. The summed E-state index contributed by atoms with van der Waals surface area (Å²) in [4.78, 5) is 4.49. The molecule has 2 aromatic rings. The van der Waals surface area contributed by atoms with Crippen molar-refractivity contribution in [2.24, 2.45) is 7.05 Å². The molecule has 3 nitrogen and oxygen atoms in total. The zero-order chi connectivity index (χ0) is 10.1. The molecule has 0 spiro atoms. The smallest absolute Gasteiger partial charge is 0.109 e. The Kier molecular flexibility index (Phi) is 2.25. The maximum absolute atomic E-state index is 9.02. The number of imidazole rings is 1. The van der Waals surface area contributed by atoms with Gasteiger partial charge in [0.1, 0.15) is 5.82 Å². The van der Waals surface area contributed by atoms with E-state index in [4.69, 9.17) is 5.11 Å². The lowest BCUT2D eigenvalue weighted by Gasteiger charge is -1.99. The average Bonchev–Trinajstić information content (AvgIpc) is 2.55. The van der Waals surface area contributed by atoms with Gasteiger partial charge in [-0.1, -0.05) is 13.0 Å². The number of aromatic nitrogens is 2. The third-order valence-electron chi connectivity index (χ3n) is 2.54. The standard InChI is InChI=1S/C11H14N2O/c1-3-11-12-9-5-4-8(7-14)6-10(9)13(11)2/h4-6,14H,3,7H2,1-2H3. The van der Waals surface area contributed by atoms with Gasteiger partial charge < -0.3 is 9.67 Å². The summed E-state index contributed by atoms with van der Waals surface area (Å²) in [5.41, 5.74) is 3.03. The zero-order valence-electron chi connectivity index (χ0n) is 8.49. The number of nitrogens with zero attached hydrogens (tertiary/aromatic N) is 2. The summed E-state index contributed by atoms with van der Waals surface area (Å²) >= 11 is 0. The Hall–Kier alpha value is -1.35. The molecule has 0 saturated carbocycles. The first-order valence-corrected chi connectivity index (χ1v) is 4.81. The van der Waals surface area contributed by atoms with Gasteiger partial charge in [-0.3, -0.25) is 0 Å². The summed E-state index contributed by atoms with van der Waals surface area (Å²) in [5, 5.41) is 9.02. The minimum atomic E-state index is 0.0859. The van der Waals surface area contributed by atoms with Crippen molar-refractivity contribution in [1.29, 1.82) is 0 Å². The fourth-order valence-electron chi connectivity index (χ4n) is 1.70. The van der Waals surface area contributed by atoms with Crippen LogP contribution in [0.25, 0.3) is 11.0 Å². The molecule has 74 valence electrons. The molecule has 1 aromatic heterocycles. The number of hydrogen-bond acceptors (Lipinski definition) is 2. The van der Waals surface area contributed by atoms with Gasteiger partial charge in [0.05, 0.1) is 17.6 Å². The highest BCUT2D eigenvalue weighted by molar-refractivity contribution is 5.76. The predicted octanol–water partition coefficient (Wildman–Crippen LogP) is 1.63. The van der Waals surface area contributed by atoms with Gasteiger partial charge in [0.2, 0.25) is 0 Å². The van der Waals surface area contributed by atoms with E-state index in [1.54, 1.807) is 0 Å². The van der Waals surface area contributed by atoms with E-state index in [-0.39, 0.29) is 6.61 Å². The minimum Gasteiger partial charge on any atom is -0.392 e. The van der Waals surface area contributed by atoms with Crippen LogP contribution in [0.3, 0.4) is 0 Å². The highest BCUT2D eigenvalue weighted by Gasteiger charge is 2.05. The molecule has 3 heteroatoms. The molecule has 0 aliphatic carbocycles.